The Morgan fingerprint density at radius 3 is 1.94 bits per heavy atom. The van der Waals surface area contributed by atoms with Crippen LogP contribution in [-0.4, -0.2) is 23.1 Å². The summed E-state index contributed by atoms with van der Waals surface area (Å²) in [5.41, 5.74) is 3.45. The Bertz CT molecular complexity index is 395. The Morgan fingerprint density at radius 1 is 1.00 bits per heavy atom. The van der Waals surface area contributed by atoms with Crippen molar-refractivity contribution in [1.82, 2.24) is 9.97 Å². The fourth-order valence-corrected chi connectivity index (χ4v) is 2.66. The topological polar surface area (TPSA) is 29.0 Å². The van der Waals surface area contributed by atoms with Crippen LogP contribution in [0.15, 0.2) is 0 Å². The molecule has 0 bridgehead atoms. The van der Waals surface area contributed by atoms with Crippen molar-refractivity contribution in [2.45, 2.75) is 47.5 Å². The SMILES string of the molecule is Cc1nc(N2CCC(C(C)C)CC2)nc(C)c1C. The van der Waals surface area contributed by atoms with Crippen LogP contribution in [0.25, 0.3) is 0 Å². The average Bonchev–Trinajstić information content (AvgIpc) is 2.35. The van der Waals surface area contributed by atoms with E-state index >= 15 is 0 Å². The number of hydrogen-bond donors (Lipinski definition) is 0. The number of aromatic nitrogens is 2. The van der Waals surface area contributed by atoms with Crippen LogP contribution < -0.4 is 4.90 Å². The fraction of sp³-hybridized carbons (Fsp3) is 0.733. The van der Waals surface area contributed by atoms with Crippen LogP contribution in [-0.2, 0) is 0 Å². The first kappa shape index (κ1) is 13.3. The van der Waals surface area contributed by atoms with Gasteiger partial charge in [-0.05, 0) is 51.0 Å². The van der Waals surface area contributed by atoms with Crippen LogP contribution in [0, 0.1) is 32.6 Å². The first-order valence-corrected chi connectivity index (χ1v) is 7.06. The number of aryl methyl sites for hydroxylation is 2. The largest absolute Gasteiger partial charge is 0.341 e. The van der Waals surface area contributed by atoms with Gasteiger partial charge in [0.05, 0.1) is 0 Å². The van der Waals surface area contributed by atoms with Gasteiger partial charge in [0.25, 0.3) is 0 Å². The highest BCUT2D eigenvalue weighted by molar-refractivity contribution is 5.36. The summed E-state index contributed by atoms with van der Waals surface area (Å²) in [4.78, 5) is 11.6. The molecule has 2 rings (SSSR count). The van der Waals surface area contributed by atoms with Crippen molar-refractivity contribution in [3.05, 3.63) is 17.0 Å². The Morgan fingerprint density at radius 2 is 1.50 bits per heavy atom. The van der Waals surface area contributed by atoms with Gasteiger partial charge in [0, 0.05) is 24.5 Å². The van der Waals surface area contributed by atoms with Gasteiger partial charge in [0.2, 0.25) is 5.95 Å². The number of nitrogens with zero attached hydrogens (tertiary/aromatic N) is 3. The third-order valence-corrected chi connectivity index (χ3v) is 4.39. The zero-order valence-electron chi connectivity index (χ0n) is 12.3. The zero-order valence-corrected chi connectivity index (χ0v) is 12.3. The van der Waals surface area contributed by atoms with E-state index in [1.54, 1.807) is 0 Å². The van der Waals surface area contributed by atoms with E-state index in [4.69, 9.17) is 0 Å². The lowest BCUT2D eigenvalue weighted by Crippen LogP contribution is -2.36. The minimum Gasteiger partial charge on any atom is -0.341 e. The molecule has 1 aliphatic heterocycles. The van der Waals surface area contributed by atoms with Gasteiger partial charge in [-0.1, -0.05) is 13.8 Å². The van der Waals surface area contributed by atoms with E-state index in [1.165, 1.54) is 18.4 Å². The zero-order chi connectivity index (χ0) is 13.3. The minimum atomic E-state index is 0.801. The second-order valence-corrected chi connectivity index (χ2v) is 5.89. The Kier molecular flexibility index (Phi) is 3.88. The van der Waals surface area contributed by atoms with E-state index in [0.29, 0.717) is 0 Å². The van der Waals surface area contributed by atoms with Crippen LogP contribution in [0.1, 0.15) is 43.6 Å². The molecule has 0 radical (unpaired) electrons. The second kappa shape index (κ2) is 5.25. The maximum Gasteiger partial charge on any atom is 0.225 e. The maximum absolute atomic E-state index is 4.64. The van der Waals surface area contributed by atoms with Crippen LogP contribution in [0.4, 0.5) is 5.95 Å². The lowest BCUT2D eigenvalue weighted by atomic mass is 9.87. The molecule has 1 saturated heterocycles. The van der Waals surface area contributed by atoms with Crippen molar-refractivity contribution in [2.75, 3.05) is 18.0 Å². The number of rotatable bonds is 2. The Labute approximate surface area is 111 Å². The molecule has 0 aromatic carbocycles. The summed E-state index contributed by atoms with van der Waals surface area (Å²) in [6, 6.07) is 0. The van der Waals surface area contributed by atoms with Gasteiger partial charge in [0.1, 0.15) is 0 Å². The van der Waals surface area contributed by atoms with Crippen LogP contribution in [0.3, 0.4) is 0 Å². The van der Waals surface area contributed by atoms with Crippen LogP contribution >= 0.6 is 0 Å². The van der Waals surface area contributed by atoms with Crippen molar-refractivity contribution >= 4 is 5.95 Å². The lowest BCUT2D eigenvalue weighted by Gasteiger charge is -2.34. The predicted octanol–water partition coefficient (Wildman–Crippen LogP) is 3.27. The van der Waals surface area contributed by atoms with E-state index in [1.807, 2.05) is 0 Å². The molecule has 2 heterocycles. The lowest BCUT2D eigenvalue weighted by molar-refractivity contribution is 0.310. The molecule has 1 aliphatic rings. The Hall–Kier alpha value is -1.12. The maximum atomic E-state index is 4.64. The molecular formula is C15H25N3. The summed E-state index contributed by atoms with van der Waals surface area (Å²) in [5.74, 6) is 2.60. The molecular weight excluding hydrogens is 222 g/mol. The highest BCUT2D eigenvalue weighted by Crippen LogP contribution is 2.26. The summed E-state index contributed by atoms with van der Waals surface area (Å²) < 4.78 is 0. The van der Waals surface area contributed by atoms with Gasteiger partial charge in [-0.25, -0.2) is 9.97 Å². The molecule has 0 unspecified atom stereocenters. The molecule has 3 nitrogen and oxygen atoms in total. The molecule has 0 aliphatic carbocycles. The molecule has 0 amide bonds. The van der Waals surface area contributed by atoms with Crippen molar-refractivity contribution in [3.63, 3.8) is 0 Å². The van der Waals surface area contributed by atoms with Crippen molar-refractivity contribution in [3.8, 4) is 0 Å². The van der Waals surface area contributed by atoms with Crippen LogP contribution in [0.5, 0.6) is 0 Å². The summed E-state index contributed by atoms with van der Waals surface area (Å²) in [5, 5.41) is 0. The van der Waals surface area contributed by atoms with Gasteiger partial charge in [-0.3, -0.25) is 0 Å². The molecule has 100 valence electrons. The third kappa shape index (κ3) is 2.65. The van der Waals surface area contributed by atoms with Crippen molar-refractivity contribution in [1.29, 1.82) is 0 Å². The average molecular weight is 247 g/mol. The first-order chi connectivity index (χ1) is 8.49. The summed E-state index contributed by atoms with van der Waals surface area (Å²) in [6.07, 6.45) is 2.54. The van der Waals surface area contributed by atoms with E-state index < -0.39 is 0 Å². The number of anilines is 1. The smallest absolute Gasteiger partial charge is 0.225 e. The van der Waals surface area contributed by atoms with E-state index in [9.17, 15) is 0 Å². The monoisotopic (exact) mass is 247 g/mol. The minimum absolute atomic E-state index is 0.801. The van der Waals surface area contributed by atoms with Gasteiger partial charge >= 0.3 is 0 Å². The van der Waals surface area contributed by atoms with Crippen LogP contribution in [0.2, 0.25) is 0 Å². The van der Waals surface area contributed by atoms with E-state index in [-0.39, 0.29) is 0 Å². The molecule has 1 aromatic rings. The van der Waals surface area contributed by atoms with E-state index in [0.717, 1.165) is 42.3 Å². The molecule has 0 atom stereocenters. The highest BCUT2D eigenvalue weighted by atomic mass is 15.3. The molecule has 3 heteroatoms. The second-order valence-electron chi connectivity index (χ2n) is 5.89. The van der Waals surface area contributed by atoms with Gasteiger partial charge in [-0.15, -0.1) is 0 Å². The highest BCUT2D eigenvalue weighted by Gasteiger charge is 2.23. The molecule has 1 fully saturated rings. The molecule has 1 aromatic heterocycles. The van der Waals surface area contributed by atoms with Crippen molar-refractivity contribution < 1.29 is 0 Å². The third-order valence-electron chi connectivity index (χ3n) is 4.39. The van der Waals surface area contributed by atoms with Crippen molar-refractivity contribution in [2.24, 2.45) is 11.8 Å². The summed E-state index contributed by atoms with van der Waals surface area (Å²) in [6.45, 7) is 13.1. The number of piperidine rings is 1. The molecule has 0 N–H and O–H groups in total. The molecule has 0 saturated carbocycles. The fourth-order valence-electron chi connectivity index (χ4n) is 2.66. The summed E-state index contributed by atoms with van der Waals surface area (Å²) in [7, 11) is 0. The number of hydrogen-bond acceptors (Lipinski definition) is 3. The van der Waals surface area contributed by atoms with Gasteiger partial charge in [-0.2, -0.15) is 0 Å². The normalized spacial score (nSPS) is 17.6. The van der Waals surface area contributed by atoms with E-state index in [2.05, 4.69) is 49.5 Å². The first-order valence-electron chi connectivity index (χ1n) is 7.06. The summed E-state index contributed by atoms with van der Waals surface area (Å²) >= 11 is 0. The van der Waals surface area contributed by atoms with Gasteiger partial charge < -0.3 is 4.90 Å². The molecule has 0 spiro atoms. The molecule has 18 heavy (non-hydrogen) atoms. The standard InChI is InChI=1S/C15H25N3/c1-10(2)14-6-8-18(9-7-14)15-16-12(4)11(3)13(5)17-15/h10,14H,6-9H2,1-5H3. The Balaban J connectivity index is 2.10. The predicted molar refractivity (Wildman–Crippen MR) is 76.0 cm³/mol. The quantitative estimate of drug-likeness (QED) is 0.803. The van der Waals surface area contributed by atoms with Gasteiger partial charge in [0.15, 0.2) is 0 Å².